The fourth-order valence-corrected chi connectivity index (χ4v) is 2.86. The van der Waals surface area contributed by atoms with E-state index in [9.17, 15) is 5.11 Å². The lowest BCUT2D eigenvalue weighted by Crippen LogP contribution is -2.32. The fraction of sp³-hybridized carbons (Fsp3) is 0.583. The van der Waals surface area contributed by atoms with Crippen LogP contribution in [0.25, 0.3) is 0 Å². The second kappa shape index (κ2) is 5.42. The van der Waals surface area contributed by atoms with Crippen molar-refractivity contribution in [2.45, 2.75) is 38.3 Å². The fourth-order valence-electron chi connectivity index (χ4n) is 2.37. The van der Waals surface area contributed by atoms with Crippen LogP contribution in [0.3, 0.4) is 0 Å². The molecule has 0 radical (unpaired) electrons. The van der Waals surface area contributed by atoms with Crippen LogP contribution in [0, 0.1) is 0 Å². The summed E-state index contributed by atoms with van der Waals surface area (Å²) >= 11 is 12.0. The molecule has 0 aromatic carbocycles. The van der Waals surface area contributed by atoms with Crippen LogP contribution in [0.2, 0.25) is 10.0 Å². The molecule has 2 heterocycles. The van der Waals surface area contributed by atoms with Gasteiger partial charge < -0.3 is 10.0 Å². The van der Waals surface area contributed by atoms with Gasteiger partial charge in [0.25, 0.3) is 0 Å². The van der Waals surface area contributed by atoms with E-state index in [1.807, 2.05) is 6.92 Å². The lowest BCUT2D eigenvalue weighted by Gasteiger charge is -2.27. The quantitative estimate of drug-likeness (QED) is 0.920. The van der Waals surface area contributed by atoms with Crippen LogP contribution in [-0.2, 0) is 0 Å². The molecule has 0 spiro atoms. The number of pyridine rings is 1. The average Bonchev–Trinajstić information content (AvgIpc) is 2.65. The van der Waals surface area contributed by atoms with Gasteiger partial charge in [0.15, 0.2) is 0 Å². The lowest BCUT2D eigenvalue weighted by molar-refractivity contribution is 0.175. The third kappa shape index (κ3) is 3.03. The highest BCUT2D eigenvalue weighted by Crippen LogP contribution is 2.32. The van der Waals surface area contributed by atoms with E-state index < -0.39 is 0 Å². The maximum atomic E-state index is 9.49. The number of aromatic nitrogens is 1. The monoisotopic (exact) mass is 274 g/mol. The minimum Gasteiger partial charge on any atom is -0.393 e. The van der Waals surface area contributed by atoms with Crippen LogP contribution in [0.15, 0.2) is 12.3 Å². The van der Waals surface area contributed by atoms with E-state index in [-0.39, 0.29) is 6.10 Å². The van der Waals surface area contributed by atoms with Gasteiger partial charge in [0, 0.05) is 18.8 Å². The summed E-state index contributed by atoms with van der Waals surface area (Å²) in [5, 5.41) is 10.6. The topological polar surface area (TPSA) is 36.4 Å². The van der Waals surface area contributed by atoms with Crippen molar-refractivity contribution in [2.75, 3.05) is 11.4 Å². The molecule has 94 valence electrons. The highest BCUT2D eigenvalue weighted by Gasteiger charge is 2.28. The minimum atomic E-state index is -0.299. The Morgan fingerprint density at radius 2 is 2.35 bits per heavy atom. The van der Waals surface area contributed by atoms with Crippen molar-refractivity contribution in [3.05, 3.63) is 22.3 Å². The van der Waals surface area contributed by atoms with Gasteiger partial charge in [0.2, 0.25) is 0 Å². The van der Waals surface area contributed by atoms with Gasteiger partial charge in [-0.15, -0.1) is 0 Å². The number of anilines is 1. The maximum Gasteiger partial charge on any atom is 0.147 e. The summed E-state index contributed by atoms with van der Waals surface area (Å²) in [6.45, 7) is 2.75. The predicted octanol–water partition coefficient (Wildman–Crippen LogP) is 3.13. The molecule has 0 unspecified atom stereocenters. The summed E-state index contributed by atoms with van der Waals surface area (Å²) in [5.74, 6) is 0.777. The Balaban J connectivity index is 2.20. The molecule has 1 aromatic heterocycles. The first-order valence-corrected chi connectivity index (χ1v) is 6.59. The second-order valence-corrected chi connectivity index (χ2v) is 5.38. The number of halogens is 2. The highest BCUT2D eigenvalue weighted by atomic mass is 35.5. The van der Waals surface area contributed by atoms with Gasteiger partial charge in [-0.25, -0.2) is 4.98 Å². The largest absolute Gasteiger partial charge is 0.393 e. The molecule has 2 rings (SSSR count). The molecule has 0 aliphatic carbocycles. The minimum absolute atomic E-state index is 0.299. The number of nitrogens with zero attached hydrogens (tertiary/aromatic N) is 2. The Kier molecular flexibility index (Phi) is 4.13. The number of hydrogen-bond acceptors (Lipinski definition) is 3. The molecular formula is C12H16Cl2N2O. The smallest absolute Gasteiger partial charge is 0.147 e. The van der Waals surface area contributed by atoms with Crippen molar-refractivity contribution in [1.29, 1.82) is 0 Å². The molecule has 0 bridgehead atoms. The van der Waals surface area contributed by atoms with Crippen molar-refractivity contribution in [3.8, 4) is 0 Å². The summed E-state index contributed by atoms with van der Waals surface area (Å²) in [7, 11) is 0. The van der Waals surface area contributed by atoms with Crippen LogP contribution >= 0.6 is 23.2 Å². The van der Waals surface area contributed by atoms with Crippen molar-refractivity contribution >= 4 is 29.0 Å². The normalized spacial score (nSPS) is 21.9. The van der Waals surface area contributed by atoms with E-state index >= 15 is 0 Å². The maximum absolute atomic E-state index is 9.49. The lowest BCUT2D eigenvalue weighted by atomic mass is 10.1. The van der Waals surface area contributed by atoms with Gasteiger partial charge in [-0.1, -0.05) is 23.2 Å². The summed E-state index contributed by atoms with van der Waals surface area (Å²) in [6.07, 6.45) is 4.25. The van der Waals surface area contributed by atoms with Crippen LogP contribution in [0.4, 0.5) is 5.82 Å². The number of hydrogen-bond donors (Lipinski definition) is 1. The molecule has 17 heavy (non-hydrogen) atoms. The summed E-state index contributed by atoms with van der Waals surface area (Å²) < 4.78 is 0. The summed E-state index contributed by atoms with van der Waals surface area (Å²) in [4.78, 5) is 6.47. The number of aliphatic hydroxyl groups is 1. The van der Waals surface area contributed by atoms with Gasteiger partial charge in [-0.05, 0) is 32.3 Å². The number of rotatable bonds is 3. The van der Waals surface area contributed by atoms with Crippen molar-refractivity contribution in [1.82, 2.24) is 4.98 Å². The van der Waals surface area contributed by atoms with E-state index in [2.05, 4.69) is 9.88 Å². The third-order valence-electron chi connectivity index (χ3n) is 3.05. The SMILES string of the molecule is C[C@H](O)C[C@H]1CCCN1c1ncc(Cl)cc1Cl. The Bertz CT molecular complexity index is 398. The first-order valence-electron chi connectivity index (χ1n) is 5.83. The first-order chi connectivity index (χ1) is 8.08. The van der Waals surface area contributed by atoms with Crippen LogP contribution in [0.5, 0.6) is 0 Å². The first kappa shape index (κ1) is 12.9. The Hall–Kier alpha value is -0.510. The van der Waals surface area contributed by atoms with Gasteiger partial charge >= 0.3 is 0 Å². The second-order valence-electron chi connectivity index (χ2n) is 4.53. The predicted molar refractivity (Wildman–Crippen MR) is 70.9 cm³/mol. The molecule has 1 aliphatic heterocycles. The van der Waals surface area contributed by atoms with E-state index in [1.54, 1.807) is 12.3 Å². The third-order valence-corrected chi connectivity index (χ3v) is 3.54. The van der Waals surface area contributed by atoms with Crippen LogP contribution in [-0.4, -0.2) is 28.8 Å². The van der Waals surface area contributed by atoms with Crippen LogP contribution in [0.1, 0.15) is 26.2 Å². The molecule has 1 fully saturated rings. The van der Waals surface area contributed by atoms with Gasteiger partial charge in [-0.3, -0.25) is 0 Å². The molecule has 0 amide bonds. The van der Waals surface area contributed by atoms with Crippen LogP contribution < -0.4 is 4.90 Å². The summed E-state index contributed by atoms with van der Waals surface area (Å²) in [6, 6.07) is 2.03. The molecule has 1 aliphatic rings. The Morgan fingerprint density at radius 3 is 3.00 bits per heavy atom. The molecule has 1 saturated heterocycles. The van der Waals surface area contributed by atoms with Crippen molar-refractivity contribution < 1.29 is 5.11 Å². The van der Waals surface area contributed by atoms with Gasteiger partial charge in [0.05, 0.1) is 16.1 Å². The zero-order valence-corrected chi connectivity index (χ0v) is 11.2. The van der Waals surface area contributed by atoms with Crippen molar-refractivity contribution in [2.24, 2.45) is 0 Å². The average molecular weight is 275 g/mol. The number of aliphatic hydroxyl groups excluding tert-OH is 1. The molecule has 2 atom stereocenters. The summed E-state index contributed by atoms with van der Waals surface area (Å²) in [5.41, 5.74) is 0. The standard InChI is InChI=1S/C12H16Cl2N2O/c1-8(17)5-10-3-2-4-16(10)12-11(14)6-9(13)7-15-12/h6-8,10,17H,2-5H2,1H3/t8-,10+/m0/s1. The Morgan fingerprint density at radius 1 is 1.59 bits per heavy atom. The van der Waals surface area contributed by atoms with E-state index in [1.165, 1.54) is 0 Å². The Labute approximate surface area is 111 Å². The van der Waals surface area contributed by atoms with Crippen molar-refractivity contribution in [3.63, 3.8) is 0 Å². The zero-order chi connectivity index (χ0) is 12.4. The molecule has 1 aromatic rings. The molecular weight excluding hydrogens is 259 g/mol. The van der Waals surface area contributed by atoms with E-state index in [0.717, 1.165) is 31.6 Å². The van der Waals surface area contributed by atoms with Gasteiger partial charge in [0.1, 0.15) is 5.82 Å². The van der Waals surface area contributed by atoms with E-state index in [0.29, 0.717) is 16.1 Å². The molecule has 3 nitrogen and oxygen atoms in total. The molecule has 1 N–H and O–H groups in total. The van der Waals surface area contributed by atoms with E-state index in [4.69, 9.17) is 23.2 Å². The zero-order valence-electron chi connectivity index (χ0n) is 9.74. The van der Waals surface area contributed by atoms with Gasteiger partial charge in [-0.2, -0.15) is 0 Å². The highest BCUT2D eigenvalue weighted by molar-refractivity contribution is 6.36. The molecule has 5 heteroatoms. The molecule has 0 saturated carbocycles.